The number of aryl methyl sites for hydroxylation is 9. The summed E-state index contributed by atoms with van der Waals surface area (Å²) in [5.41, 5.74) is 36.8. The molecule has 13 aromatic rings. The van der Waals surface area contributed by atoms with Gasteiger partial charge >= 0.3 is 0 Å². The number of hydrogen-bond donors (Lipinski definition) is 0. The summed E-state index contributed by atoms with van der Waals surface area (Å²) in [5.74, 6) is 0. The molecule has 0 amide bonds. The second-order valence-corrected chi connectivity index (χ2v) is 37.2. The minimum absolute atomic E-state index is 0.0992. The van der Waals surface area contributed by atoms with E-state index < -0.39 is 0 Å². The molecule has 0 radical (unpaired) electrons. The highest BCUT2D eigenvalue weighted by Crippen LogP contribution is 2.56. The van der Waals surface area contributed by atoms with Gasteiger partial charge in [0.25, 0.3) is 6.71 Å². The molecule has 610 valence electrons. The van der Waals surface area contributed by atoms with Crippen LogP contribution in [-0.2, 0) is 18.3 Å². The zero-order valence-corrected chi connectivity index (χ0v) is 75.6. The average molecular weight is 1600 g/mol. The number of anilines is 6. The number of hydrogen-bond acceptors (Lipinski definition) is 4. The van der Waals surface area contributed by atoms with Crippen LogP contribution < -0.4 is 35.7 Å². The van der Waals surface area contributed by atoms with Gasteiger partial charge in [0.1, 0.15) is 10.0 Å². The van der Waals surface area contributed by atoms with Crippen molar-refractivity contribution in [1.29, 1.82) is 0 Å². The Balaban J connectivity index is 0.993. The zero-order chi connectivity index (χ0) is 82.8. The molecule has 0 aliphatic heterocycles. The number of fused-ring (bicyclic) bond motifs is 3. The molecule has 2 aromatic heterocycles. The van der Waals surface area contributed by atoms with Crippen molar-refractivity contribution >= 4 is 94.8 Å². The maximum Gasteiger partial charge on any atom is 0.255 e. The Morgan fingerprint density at radius 2 is 0.639 bits per heavy atom. The van der Waals surface area contributed by atoms with Gasteiger partial charge in [0.15, 0.2) is 0 Å². The molecule has 11 aromatic carbocycles. The third-order valence-corrected chi connectivity index (χ3v) is 28.6. The molecular formula is C113H130B2N2S2. The summed E-state index contributed by atoms with van der Waals surface area (Å²) < 4.78 is 2.75. The predicted octanol–water partition coefficient (Wildman–Crippen LogP) is 31.1. The number of para-hydroxylation sites is 2. The lowest BCUT2D eigenvalue weighted by Gasteiger charge is -2.34. The molecule has 0 saturated heterocycles. The number of benzene rings is 11. The summed E-state index contributed by atoms with van der Waals surface area (Å²) in [4.78, 5) is 5.21. The monoisotopic (exact) mass is 1600 g/mol. The van der Waals surface area contributed by atoms with Gasteiger partial charge in [0, 0.05) is 39.3 Å². The van der Waals surface area contributed by atoms with E-state index in [1.807, 2.05) is 22.7 Å². The van der Waals surface area contributed by atoms with Gasteiger partial charge in [-0.1, -0.05) is 425 Å². The lowest BCUT2D eigenvalue weighted by molar-refractivity contribution is 0.399. The highest BCUT2D eigenvalue weighted by Gasteiger charge is 2.45. The number of thiophene rings is 2. The minimum atomic E-state index is -0.124. The smallest absolute Gasteiger partial charge is 0.255 e. The van der Waals surface area contributed by atoms with Gasteiger partial charge in [0.2, 0.25) is 6.71 Å². The topological polar surface area (TPSA) is 6.48 Å². The van der Waals surface area contributed by atoms with Crippen LogP contribution in [0.2, 0.25) is 6.82 Å². The molecule has 0 fully saturated rings. The van der Waals surface area contributed by atoms with Crippen LogP contribution in [0.1, 0.15) is 243 Å². The van der Waals surface area contributed by atoms with Gasteiger partial charge in [0.05, 0.1) is 0 Å². The van der Waals surface area contributed by atoms with Gasteiger partial charge in [-0.2, -0.15) is 0 Å². The second kappa shape index (κ2) is 41.2. The first kappa shape index (κ1) is 85.9. The lowest BCUT2D eigenvalue weighted by Crippen LogP contribution is -2.54. The maximum absolute atomic E-state index is 2.79. The van der Waals surface area contributed by atoms with Crippen LogP contribution in [0.4, 0.5) is 32.8 Å². The quantitative estimate of drug-likeness (QED) is 0.0278. The van der Waals surface area contributed by atoms with E-state index in [0.29, 0.717) is 0 Å². The normalized spacial score (nSPS) is 12.1. The third kappa shape index (κ3) is 19.6. The summed E-state index contributed by atoms with van der Waals surface area (Å²) in [6, 6.07) is 100.0. The van der Waals surface area contributed by atoms with Crippen molar-refractivity contribution < 1.29 is 0 Å². The largest absolute Gasteiger partial charge is 0.301 e. The van der Waals surface area contributed by atoms with Crippen molar-refractivity contribution in [2.75, 3.05) is 9.80 Å². The van der Waals surface area contributed by atoms with E-state index in [0.717, 1.165) is 35.6 Å². The molecule has 2 nitrogen and oxygen atoms in total. The molecule has 119 heavy (non-hydrogen) atoms. The number of nitrogens with zero attached hydrogens (tertiary/aromatic N) is 2. The zero-order valence-electron chi connectivity index (χ0n) is 74.0. The summed E-state index contributed by atoms with van der Waals surface area (Å²) >= 11 is 3.99. The molecule has 0 atom stereocenters. The van der Waals surface area contributed by atoms with Crippen molar-refractivity contribution in [3.8, 4) is 55.6 Å². The van der Waals surface area contributed by atoms with Crippen molar-refractivity contribution in [1.82, 2.24) is 0 Å². The summed E-state index contributed by atoms with van der Waals surface area (Å²) in [6.45, 7) is 28.1. The Labute approximate surface area is 726 Å². The summed E-state index contributed by atoms with van der Waals surface area (Å²) in [5, 5.41) is 2.41. The summed E-state index contributed by atoms with van der Waals surface area (Å²) in [6.07, 6.45) is 32.7. The van der Waals surface area contributed by atoms with E-state index in [4.69, 9.17) is 0 Å². The molecule has 0 saturated carbocycles. The van der Waals surface area contributed by atoms with Crippen molar-refractivity contribution in [2.24, 2.45) is 0 Å². The van der Waals surface area contributed by atoms with Crippen LogP contribution in [0.5, 0.6) is 0 Å². The van der Waals surface area contributed by atoms with Gasteiger partial charge in [-0.05, 0) is 212 Å². The van der Waals surface area contributed by atoms with E-state index in [2.05, 4.69) is 348 Å². The first-order valence-electron chi connectivity index (χ1n) is 46.1. The standard InChI is InChI=1S/C113H130B2N2S2/c1-13-17-21-25-27-35-47-88-58-62-92(63-59-88)103-105(90-49-37-31-38-50-90)111(118-109(103)114(12)107-84(8)75-82(6)76-85(107)9)116(95-53-41-33-42-54-95)97-67-69-98(70-68-97)117(96-55-43-34-44-56-96)112-106(91-51-39-32-40-52-91)104(93-64-60-89(61-65-93)48-36-28-26-22-18-14-2)110(119-112)115(108-86(10)77-83(7)78-87(108)11)94-66-72-100-99-71-57-81(5)79-101(99)113(102(100)80-94,73-45-29-23-19-15-3)74-46-30-24-20-16-4/h31-34,37-44,49-72,75-80H,13-30,35-36,45-48,73-74H2,1-12H3. The molecule has 1 aliphatic carbocycles. The van der Waals surface area contributed by atoms with Gasteiger partial charge in [-0.3, -0.25) is 0 Å². The minimum Gasteiger partial charge on any atom is -0.301 e. The Kier molecular flexibility index (Phi) is 29.8. The van der Waals surface area contributed by atoms with Crippen LogP contribution in [0.3, 0.4) is 0 Å². The Bertz CT molecular complexity index is 5370. The van der Waals surface area contributed by atoms with E-state index in [1.165, 1.54) is 296 Å². The Morgan fingerprint density at radius 3 is 1.07 bits per heavy atom. The van der Waals surface area contributed by atoms with Crippen LogP contribution in [0.15, 0.2) is 255 Å². The first-order valence-corrected chi connectivity index (χ1v) is 47.7. The van der Waals surface area contributed by atoms with E-state index in [-0.39, 0.29) is 18.8 Å². The molecule has 6 heteroatoms. The van der Waals surface area contributed by atoms with Crippen LogP contribution in [-0.4, -0.2) is 13.4 Å². The first-order chi connectivity index (χ1) is 58.2. The van der Waals surface area contributed by atoms with Gasteiger partial charge < -0.3 is 9.80 Å². The van der Waals surface area contributed by atoms with Crippen molar-refractivity contribution in [2.45, 2.75) is 255 Å². The number of unbranched alkanes of at least 4 members (excludes halogenated alkanes) is 18. The molecule has 0 unspecified atom stereocenters. The van der Waals surface area contributed by atoms with Crippen molar-refractivity contribution in [3.63, 3.8) is 0 Å². The highest BCUT2D eigenvalue weighted by molar-refractivity contribution is 7.31. The Morgan fingerprint density at radius 1 is 0.294 bits per heavy atom. The molecule has 2 heterocycles. The van der Waals surface area contributed by atoms with E-state index in [1.54, 1.807) is 11.1 Å². The fraction of sp³-hybridized carbons (Fsp3) is 0.345. The highest BCUT2D eigenvalue weighted by atomic mass is 32.1. The SMILES string of the molecule is CCCCCCCCc1ccc(-c2c(B(C)c3c(C)cc(C)cc3C)sc(N(c3ccccc3)c3ccc(N(c4ccccc4)c4sc(B(c5ccc6c(c5)C(CCCCCCC)(CCCCCCC)c5cc(C)ccc5-6)c5c(C)cc(C)cc5C)c(-c5ccc(CCCCCCCC)cc5)c4-c4ccccc4)cc3)c2-c2ccccc2)cc1. The molecule has 0 spiro atoms. The van der Waals surface area contributed by atoms with Crippen LogP contribution in [0, 0.1) is 48.5 Å². The molecule has 1 aliphatic rings. The molecular weight excluding hydrogens is 1470 g/mol. The lowest BCUT2D eigenvalue weighted by atomic mass is 9.37. The Hall–Kier alpha value is -9.45. The predicted molar refractivity (Wildman–Crippen MR) is 528 cm³/mol. The maximum atomic E-state index is 2.79. The van der Waals surface area contributed by atoms with Gasteiger partial charge in [-0.15, -0.1) is 22.7 Å². The fourth-order valence-corrected chi connectivity index (χ4v) is 23.2. The molecule has 14 rings (SSSR count). The van der Waals surface area contributed by atoms with Gasteiger partial charge in [-0.25, -0.2) is 0 Å². The summed E-state index contributed by atoms with van der Waals surface area (Å²) in [7, 11) is 0. The molecule has 0 bridgehead atoms. The third-order valence-electron chi connectivity index (χ3n) is 26.0. The van der Waals surface area contributed by atoms with Crippen LogP contribution >= 0.6 is 22.7 Å². The van der Waals surface area contributed by atoms with Crippen molar-refractivity contribution in [3.05, 3.63) is 316 Å². The second-order valence-electron chi connectivity index (χ2n) is 35.1. The molecule has 0 N–H and O–H groups in total. The average Bonchev–Trinajstić information content (AvgIpc) is 1.56. The van der Waals surface area contributed by atoms with E-state index in [9.17, 15) is 0 Å². The van der Waals surface area contributed by atoms with E-state index >= 15 is 0 Å². The fourth-order valence-electron chi connectivity index (χ4n) is 20.2. The number of rotatable bonds is 41. The van der Waals surface area contributed by atoms with Crippen LogP contribution in [0.25, 0.3) is 55.6 Å².